The molecule has 0 radical (unpaired) electrons. The van der Waals surface area contributed by atoms with Crippen LogP contribution in [-0.2, 0) is 4.79 Å². The average molecular weight is 387 g/mol. The van der Waals surface area contributed by atoms with E-state index in [-0.39, 0.29) is 23.2 Å². The predicted octanol–water partition coefficient (Wildman–Crippen LogP) is 2.76. The SMILES string of the molecule is Cc1ccc(C(=O)N2CC[C@@]3(C2)CN(c2ccsc2)C(=O)CN3C)cc1F. The number of rotatable bonds is 2. The molecule has 2 amide bonds. The quantitative estimate of drug-likeness (QED) is 0.796. The largest absolute Gasteiger partial charge is 0.337 e. The standard InChI is InChI=1S/C20H22FN3O2S/c1-14-3-4-15(9-17(14)21)19(26)23-7-6-20(12-23)13-24(16-5-8-27-11-16)18(25)10-22(20)2/h3-5,8-9,11H,6-7,10,12-13H2,1-2H3/t20-/m1/s1. The first-order valence-electron chi connectivity index (χ1n) is 8.99. The third kappa shape index (κ3) is 3.15. The van der Waals surface area contributed by atoms with Crippen molar-refractivity contribution in [2.45, 2.75) is 18.9 Å². The number of hydrogen-bond donors (Lipinski definition) is 0. The van der Waals surface area contributed by atoms with Crippen LogP contribution < -0.4 is 4.90 Å². The maximum atomic E-state index is 13.9. The number of hydrogen-bond acceptors (Lipinski definition) is 4. The summed E-state index contributed by atoms with van der Waals surface area (Å²) in [5.41, 5.74) is 1.55. The summed E-state index contributed by atoms with van der Waals surface area (Å²) in [5.74, 6) is -0.441. The molecule has 7 heteroatoms. The fourth-order valence-electron chi connectivity index (χ4n) is 3.98. The summed E-state index contributed by atoms with van der Waals surface area (Å²) in [6, 6.07) is 6.58. The van der Waals surface area contributed by atoms with Crippen LogP contribution in [-0.4, -0.2) is 60.4 Å². The Balaban J connectivity index is 1.55. The second-order valence-corrected chi connectivity index (χ2v) is 8.26. The van der Waals surface area contributed by atoms with Gasteiger partial charge in [-0.1, -0.05) is 6.07 Å². The van der Waals surface area contributed by atoms with Crippen molar-refractivity contribution >= 4 is 28.8 Å². The first-order valence-corrected chi connectivity index (χ1v) is 9.93. The van der Waals surface area contributed by atoms with Gasteiger partial charge in [0.1, 0.15) is 5.82 Å². The number of carbonyl (C=O) groups excluding carboxylic acids is 2. The van der Waals surface area contributed by atoms with Gasteiger partial charge in [0, 0.05) is 30.6 Å². The van der Waals surface area contributed by atoms with Crippen LogP contribution in [0.15, 0.2) is 35.0 Å². The van der Waals surface area contributed by atoms with Gasteiger partial charge in [0.25, 0.3) is 5.91 Å². The summed E-state index contributed by atoms with van der Waals surface area (Å²) in [6.07, 6.45) is 0.789. The van der Waals surface area contributed by atoms with Crippen LogP contribution in [0, 0.1) is 12.7 Å². The Morgan fingerprint density at radius 3 is 2.78 bits per heavy atom. The Morgan fingerprint density at radius 2 is 2.07 bits per heavy atom. The lowest BCUT2D eigenvalue weighted by Gasteiger charge is -2.46. The van der Waals surface area contributed by atoms with Gasteiger partial charge in [0.05, 0.1) is 17.8 Å². The molecule has 1 aromatic heterocycles. The Kier molecular flexibility index (Phi) is 4.52. The molecule has 1 spiro atoms. The fourth-order valence-corrected chi connectivity index (χ4v) is 4.63. The Morgan fingerprint density at radius 1 is 1.26 bits per heavy atom. The first-order chi connectivity index (χ1) is 12.9. The summed E-state index contributed by atoms with van der Waals surface area (Å²) in [5, 5.41) is 3.94. The molecule has 27 heavy (non-hydrogen) atoms. The van der Waals surface area contributed by atoms with Crippen molar-refractivity contribution < 1.29 is 14.0 Å². The fraction of sp³-hybridized carbons (Fsp3) is 0.400. The molecule has 5 nitrogen and oxygen atoms in total. The van der Waals surface area contributed by atoms with Crippen molar-refractivity contribution in [2.24, 2.45) is 0 Å². The number of likely N-dealkylation sites (tertiary alicyclic amines) is 1. The van der Waals surface area contributed by atoms with Crippen LogP contribution in [0.3, 0.4) is 0 Å². The van der Waals surface area contributed by atoms with Crippen LogP contribution in [0.1, 0.15) is 22.3 Å². The van der Waals surface area contributed by atoms with E-state index in [2.05, 4.69) is 4.90 Å². The van der Waals surface area contributed by atoms with Gasteiger partial charge in [-0.05, 0) is 49.5 Å². The number of amides is 2. The van der Waals surface area contributed by atoms with Crippen molar-refractivity contribution in [3.05, 3.63) is 52.0 Å². The minimum atomic E-state index is -0.362. The molecule has 4 rings (SSSR count). The second kappa shape index (κ2) is 6.73. The van der Waals surface area contributed by atoms with Gasteiger partial charge >= 0.3 is 0 Å². The third-order valence-electron chi connectivity index (χ3n) is 5.79. The minimum absolute atomic E-state index is 0.0758. The molecule has 142 valence electrons. The molecule has 1 aromatic carbocycles. The van der Waals surface area contributed by atoms with E-state index in [0.29, 0.717) is 37.3 Å². The molecule has 0 bridgehead atoms. The summed E-state index contributed by atoms with van der Waals surface area (Å²) in [7, 11) is 1.95. The molecule has 3 heterocycles. The maximum absolute atomic E-state index is 13.9. The Bertz CT molecular complexity index is 885. The molecule has 1 atom stereocenters. The normalized spacial score (nSPS) is 23.4. The van der Waals surface area contributed by atoms with E-state index >= 15 is 0 Å². The number of likely N-dealkylation sites (N-methyl/N-ethyl adjacent to an activating group) is 1. The molecule has 2 aliphatic heterocycles. The lowest BCUT2D eigenvalue weighted by Crippen LogP contribution is -2.64. The first kappa shape index (κ1) is 18.1. The number of carbonyl (C=O) groups is 2. The summed E-state index contributed by atoms with van der Waals surface area (Å²) in [4.78, 5) is 31.1. The van der Waals surface area contributed by atoms with Crippen molar-refractivity contribution in [3.63, 3.8) is 0 Å². The maximum Gasteiger partial charge on any atom is 0.254 e. The number of piperazine rings is 1. The van der Waals surface area contributed by atoms with E-state index in [0.717, 1.165) is 12.1 Å². The highest BCUT2D eigenvalue weighted by atomic mass is 32.1. The second-order valence-electron chi connectivity index (χ2n) is 7.48. The Hall–Kier alpha value is -2.25. The van der Waals surface area contributed by atoms with E-state index in [4.69, 9.17) is 0 Å². The third-order valence-corrected chi connectivity index (χ3v) is 6.46. The topological polar surface area (TPSA) is 43.9 Å². The molecule has 0 aliphatic carbocycles. The van der Waals surface area contributed by atoms with Gasteiger partial charge in [-0.15, -0.1) is 0 Å². The minimum Gasteiger partial charge on any atom is -0.337 e. The zero-order valence-corrected chi connectivity index (χ0v) is 16.3. The smallest absolute Gasteiger partial charge is 0.254 e. The molecule has 2 aliphatic rings. The molecule has 2 aromatic rings. The van der Waals surface area contributed by atoms with E-state index in [1.807, 2.05) is 28.8 Å². The molecule has 0 N–H and O–H groups in total. The monoisotopic (exact) mass is 387 g/mol. The predicted molar refractivity (Wildman–Crippen MR) is 104 cm³/mol. The summed E-state index contributed by atoms with van der Waals surface area (Å²) >= 11 is 1.56. The summed E-state index contributed by atoms with van der Waals surface area (Å²) < 4.78 is 13.9. The highest BCUT2D eigenvalue weighted by Gasteiger charge is 2.48. The van der Waals surface area contributed by atoms with Gasteiger partial charge in [0.2, 0.25) is 5.91 Å². The van der Waals surface area contributed by atoms with Crippen LogP contribution in [0.2, 0.25) is 0 Å². The van der Waals surface area contributed by atoms with Crippen molar-refractivity contribution in [1.29, 1.82) is 0 Å². The lowest BCUT2D eigenvalue weighted by atomic mass is 9.93. The van der Waals surface area contributed by atoms with Crippen LogP contribution in [0.25, 0.3) is 0 Å². The van der Waals surface area contributed by atoms with Gasteiger partial charge < -0.3 is 9.80 Å². The number of aryl methyl sites for hydroxylation is 1. The molecule has 2 saturated heterocycles. The number of anilines is 1. The van der Waals surface area contributed by atoms with Crippen molar-refractivity contribution in [1.82, 2.24) is 9.80 Å². The van der Waals surface area contributed by atoms with Crippen LogP contribution >= 0.6 is 11.3 Å². The number of benzene rings is 1. The van der Waals surface area contributed by atoms with E-state index in [1.165, 1.54) is 6.07 Å². The highest BCUT2D eigenvalue weighted by molar-refractivity contribution is 7.08. The van der Waals surface area contributed by atoms with Gasteiger partial charge in [0.15, 0.2) is 0 Å². The lowest BCUT2D eigenvalue weighted by molar-refractivity contribution is -0.123. The van der Waals surface area contributed by atoms with Crippen molar-refractivity contribution in [2.75, 3.05) is 38.1 Å². The van der Waals surface area contributed by atoms with Gasteiger partial charge in [-0.2, -0.15) is 11.3 Å². The average Bonchev–Trinajstić information content (AvgIpc) is 3.31. The van der Waals surface area contributed by atoms with Crippen LogP contribution in [0.5, 0.6) is 0 Å². The van der Waals surface area contributed by atoms with E-state index in [9.17, 15) is 14.0 Å². The number of nitrogens with zero attached hydrogens (tertiary/aromatic N) is 3. The van der Waals surface area contributed by atoms with Crippen molar-refractivity contribution in [3.8, 4) is 0 Å². The van der Waals surface area contributed by atoms with Crippen LogP contribution in [0.4, 0.5) is 10.1 Å². The molecule has 2 fully saturated rings. The summed E-state index contributed by atoms with van der Waals surface area (Å²) in [6.45, 7) is 3.71. The molecular formula is C20H22FN3O2S. The van der Waals surface area contributed by atoms with Gasteiger partial charge in [-0.3, -0.25) is 14.5 Å². The zero-order valence-electron chi connectivity index (χ0n) is 15.4. The van der Waals surface area contributed by atoms with Gasteiger partial charge in [-0.25, -0.2) is 4.39 Å². The molecule has 0 unspecified atom stereocenters. The molecule has 0 saturated carbocycles. The number of thiophene rings is 1. The highest BCUT2D eigenvalue weighted by Crippen LogP contribution is 2.34. The zero-order chi connectivity index (χ0) is 19.2. The van der Waals surface area contributed by atoms with E-state index in [1.54, 1.807) is 35.3 Å². The van der Waals surface area contributed by atoms with E-state index < -0.39 is 0 Å². The Labute approximate surface area is 162 Å². The number of halogens is 1. The molecular weight excluding hydrogens is 365 g/mol.